The monoisotopic (exact) mass is 347 g/mol. The number of para-hydroxylation sites is 2. The molecule has 1 amide bonds. The first-order valence-electron chi connectivity index (χ1n) is 8.16. The van der Waals surface area contributed by atoms with Gasteiger partial charge in [0.15, 0.2) is 0 Å². The van der Waals surface area contributed by atoms with Crippen molar-refractivity contribution in [3.05, 3.63) is 83.9 Å². The molecule has 3 aromatic carbocycles. The maximum atomic E-state index is 13.4. The quantitative estimate of drug-likeness (QED) is 0.763. The predicted molar refractivity (Wildman–Crippen MR) is 97.7 cm³/mol. The normalized spacial score (nSPS) is 18.7. The number of phenols is 1. The van der Waals surface area contributed by atoms with Crippen LogP contribution in [0.5, 0.6) is 11.5 Å². The number of amides is 1. The lowest BCUT2D eigenvalue weighted by Gasteiger charge is -2.24. The van der Waals surface area contributed by atoms with E-state index in [-0.39, 0.29) is 11.3 Å². The van der Waals surface area contributed by atoms with Crippen molar-refractivity contribution in [3.8, 4) is 11.5 Å². The minimum absolute atomic E-state index is 0.134. The lowest BCUT2D eigenvalue weighted by atomic mass is 9.87. The van der Waals surface area contributed by atoms with Gasteiger partial charge >= 0.3 is 0 Å². The number of hydrogen-bond donors (Lipinski definition) is 2. The maximum absolute atomic E-state index is 13.4. The number of fused-ring (bicyclic) bond motifs is 1. The highest BCUT2D eigenvalue weighted by atomic mass is 16.5. The molecule has 0 saturated carbocycles. The van der Waals surface area contributed by atoms with Crippen LogP contribution in [0.1, 0.15) is 11.1 Å². The Kier molecular flexibility index (Phi) is 3.67. The molecule has 1 atom stereocenters. The van der Waals surface area contributed by atoms with E-state index in [1.807, 2.05) is 0 Å². The van der Waals surface area contributed by atoms with Crippen LogP contribution in [0.4, 0.5) is 11.4 Å². The van der Waals surface area contributed by atoms with Crippen LogP contribution in [-0.2, 0) is 10.4 Å². The molecule has 0 radical (unpaired) electrons. The molecule has 26 heavy (non-hydrogen) atoms. The van der Waals surface area contributed by atoms with Gasteiger partial charge in [-0.2, -0.15) is 0 Å². The Hall–Kier alpha value is -3.31. The smallest absolute Gasteiger partial charge is 0.273 e. The number of methoxy groups -OCH3 is 1. The largest absolute Gasteiger partial charge is 0.508 e. The van der Waals surface area contributed by atoms with Gasteiger partial charge < -0.3 is 14.9 Å². The number of aromatic hydroxyl groups is 1. The average Bonchev–Trinajstić information content (AvgIpc) is 2.90. The summed E-state index contributed by atoms with van der Waals surface area (Å²) in [5.74, 6) is -0.0788. The van der Waals surface area contributed by atoms with E-state index in [2.05, 4.69) is 0 Å². The number of anilines is 2. The molecule has 0 aromatic heterocycles. The Balaban J connectivity index is 1.95. The van der Waals surface area contributed by atoms with Crippen LogP contribution in [-0.4, -0.2) is 23.2 Å². The molecular weight excluding hydrogens is 330 g/mol. The fourth-order valence-electron chi connectivity index (χ4n) is 3.41. The maximum Gasteiger partial charge on any atom is 0.273 e. The van der Waals surface area contributed by atoms with Gasteiger partial charge in [0.05, 0.1) is 18.5 Å². The zero-order valence-corrected chi connectivity index (χ0v) is 14.1. The van der Waals surface area contributed by atoms with Crippen molar-refractivity contribution in [2.24, 2.45) is 0 Å². The number of benzene rings is 3. The van der Waals surface area contributed by atoms with Crippen LogP contribution < -0.4 is 9.64 Å². The summed E-state index contributed by atoms with van der Waals surface area (Å²) in [5.41, 5.74) is -0.243. The van der Waals surface area contributed by atoms with Crippen molar-refractivity contribution in [2.45, 2.75) is 5.60 Å². The Morgan fingerprint density at radius 2 is 1.62 bits per heavy atom. The first kappa shape index (κ1) is 16.2. The summed E-state index contributed by atoms with van der Waals surface area (Å²) in [4.78, 5) is 14.8. The van der Waals surface area contributed by atoms with Gasteiger partial charge in [0.1, 0.15) is 11.5 Å². The molecule has 0 aliphatic carbocycles. The highest BCUT2D eigenvalue weighted by Gasteiger charge is 2.52. The molecule has 3 aromatic rings. The molecule has 0 saturated heterocycles. The van der Waals surface area contributed by atoms with Gasteiger partial charge in [-0.05, 0) is 24.3 Å². The summed E-state index contributed by atoms with van der Waals surface area (Å²) in [6.07, 6.45) is 0. The molecule has 2 N–H and O–H groups in total. The molecule has 5 nitrogen and oxygen atoms in total. The fourth-order valence-corrected chi connectivity index (χ4v) is 3.41. The molecule has 0 spiro atoms. The van der Waals surface area contributed by atoms with E-state index < -0.39 is 11.5 Å². The van der Waals surface area contributed by atoms with Crippen molar-refractivity contribution in [1.82, 2.24) is 0 Å². The van der Waals surface area contributed by atoms with Crippen LogP contribution in [0, 0.1) is 0 Å². The van der Waals surface area contributed by atoms with E-state index in [0.717, 1.165) is 0 Å². The van der Waals surface area contributed by atoms with Crippen LogP contribution in [0.2, 0.25) is 0 Å². The summed E-state index contributed by atoms with van der Waals surface area (Å²) in [7, 11) is 1.55. The van der Waals surface area contributed by atoms with Gasteiger partial charge in [-0.1, -0.05) is 42.5 Å². The van der Waals surface area contributed by atoms with Gasteiger partial charge in [-0.15, -0.1) is 0 Å². The summed E-state index contributed by atoms with van der Waals surface area (Å²) in [6.45, 7) is 0. The third-order valence-corrected chi connectivity index (χ3v) is 4.65. The molecule has 1 unspecified atom stereocenters. The Morgan fingerprint density at radius 3 is 2.35 bits per heavy atom. The second-order valence-electron chi connectivity index (χ2n) is 6.09. The molecule has 0 bridgehead atoms. The van der Waals surface area contributed by atoms with Crippen molar-refractivity contribution >= 4 is 17.3 Å². The first-order chi connectivity index (χ1) is 12.6. The van der Waals surface area contributed by atoms with Gasteiger partial charge in [0.25, 0.3) is 5.91 Å². The van der Waals surface area contributed by atoms with Crippen LogP contribution in [0.15, 0.2) is 72.8 Å². The Bertz CT molecular complexity index is 1000. The number of carbonyl (C=O) groups is 1. The molecule has 4 rings (SSSR count). The SMILES string of the molecule is COc1cccc(N2C(=O)C(O)(c3ccccc3O)c3ccccc32)c1. The molecule has 1 heterocycles. The first-order valence-corrected chi connectivity index (χ1v) is 8.16. The van der Waals surface area contributed by atoms with E-state index in [0.29, 0.717) is 22.7 Å². The minimum atomic E-state index is -1.97. The van der Waals surface area contributed by atoms with Gasteiger partial charge in [0.2, 0.25) is 5.60 Å². The summed E-state index contributed by atoms with van der Waals surface area (Å²) >= 11 is 0. The number of ether oxygens (including phenoxy) is 1. The van der Waals surface area contributed by atoms with E-state index in [4.69, 9.17) is 4.74 Å². The third kappa shape index (κ3) is 2.18. The molecule has 130 valence electrons. The zero-order chi connectivity index (χ0) is 18.3. The molecule has 0 fully saturated rings. The van der Waals surface area contributed by atoms with Crippen molar-refractivity contribution in [3.63, 3.8) is 0 Å². The molecular formula is C21H17NO4. The van der Waals surface area contributed by atoms with Crippen LogP contribution in [0.25, 0.3) is 0 Å². The number of nitrogens with zero attached hydrogens (tertiary/aromatic N) is 1. The second kappa shape index (κ2) is 5.89. The average molecular weight is 347 g/mol. The minimum Gasteiger partial charge on any atom is -0.508 e. The molecule has 1 aliphatic heterocycles. The summed E-state index contributed by atoms with van der Waals surface area (Å²) in [5, 5.41) is 21.7. The van der Waals surface area contributed by atoms with E-state index in [1.165, 1.54) is 11.0 Å². The summed E-state index contributed by atoms with van der Waals surface area (Å²) in [6, 6.07) is 20.4. The third-order valence-electron chi connectivity index (χ3n) is 4.65. The van der Waals surface area contributed by atoms with Crippen LogP contribution >= 0.6 is 0 Å². The Labute approximate surface area is 150 Å². The highest BCUT2D eigenvalue weighted by Crippen LogP contribution is 2.49. The predicted octanol–water partition coefficient (Wildman–Crippen LogP) is 3.32. The van der Waals surface area contributed by atoms with Gasteiger partial charge in [-0.25, -0.2) is 0 Å². The van der Waals surface area contributed by atoms with Gasteiger partial charge in [0, 0.05) is 17.2 Å². The molecule has 5 heteroatoms. The topological polar surface area (TPSA) is 70.0 Å². The number of aliphatic hydroxyl groups is 1. The van der Waals surface area contributed by atoms with Crippen molar-refractivity contribution in [1.29, 1.82) is 0 Å². The number of carbonyl (C=O) groups excluding carboxylic acids is 1. The fraction of sp³-hybridized carbons (Fsp3) is 0.0952. The lowest BCUT2D eigenvalue weighted by molar-refractivity contribution is -0.131. The number of rotatable bonds is 3. The van der Waals surface area contributed by atoms with Gasteiger partial charge in [-0.3, -0.25) is 9.69 Å². The van der Waals surface area contributed by atoms with E-state index in [9.17, 15) is 15.0 Å². The number of phenolic OH excluding ortho intramolecular Hbond substituents is 1. The number of hydrogen-bond acceptors (Lipinski definition) is 4. The second-order valence-corrected chi connectivity index (χ2v) is 6.09. The summed E-state index contributed by atoms with van der Waals surface area (Å²) < 4.78 is 5.25. The zero-order valence-electron chi connectivity index (χ0n) is 14.1. The van der Waals surface area contributed by atoms with Crippen molar-refractivity contribution < 1.29 is 19.7 Å². The lowest BCUT2D eigenvalue weighted by Crippen LogP contribution is -2.39. The highest BCUT2D eigenvalue weighted by molar-refractivity contribution is 6.14. The van der Waals surface area contributed by atoms with Crippen LogP contribution in [0.3, 0.4) is 0 Å². The van der Waals surface area contributed by atoms with E-state index in [1.54, 1.807) is 73.8 Å². The van der Waals surface area contributed by atoms with Crippen molar-refractivity contribution in [2.75, 3.05) is 12.0 Å². The standard InChI is InChI=1S/C21H17NO4/c1-26-15-8-6-7-14(13-15)22-18-11-4-2-9-16(18)21(25,20(22)24)17-10-3-5-12-19(17)23/h2-13,23,25H,1H3. The van der Waals surface area contributed by atoms with E-state index >= 15 is 0 Å². The molecule has 1 aliphatic rings. The Morgan fingerprint density at radius 1 is 0.923 bits per heavy atom.